The zero-order valence-corrected chi connectivity index (χ0v) is 13.7. The molecule has 0 N–H and O–H groups in total. The fourth-order valence-corrected chi connectivity index (χ4v) is 3.31. The van der Waals surface area contributed by atoms with E-state index in [4.69, 9.17) is 10.1 Å². The number of benzene rings is 2. The first kappa shape index (κ1) is 16.3. The molecule has 0 saturated heterocycles. The number of nitriles is 1. The molecule has 0 aliphatic heterocycles. The number of nitrogens with zero attached hydrogens (tertiary/aromatic N) is 2. The van der Waals surface area contributed by atoms with Crippen molar-refractivity contribution in [3.05, 3.63) is 70.8 Å². The molecule has 1 aliphatic carbocycles. The lowest BCUT2D eigenvalue weighted by Gasteiger charge is -2.23. The third-order valence-corrected chi connectivity index (χ3v) is 4.59. The molecule has 1 saturated carbocycles. The predicted molar refractivity (Wildman–Crippen MR) is 94.8 cm³/mol. The van der Waals surface area contributed by atoms with Gasteiger partial charge in [-0.05, 0) is 30.4 Å². The normalized spacial score (nSPS) is 15.3. The van der Waals surface area contributed by atoms with Crippen LogP contribution in [0.4, 0.5) is 0 Å². The Morgan fingerprint density at radius 1 is 0.958 bits per heavy atom. The molecule has 3 heteroatoms. The summed E-state index contributed by atoms with van der Waals surface area (Å²) in [5.74, 6) is 0.608. The van der Waals surface area contributed by atoms with Crippen LogP contribution < -0.4 is 0 Å². The minimum Gasteiger partial charge on any atom is -0.390 e. The second-order valence-corrected chi connectivity index (χ2v) is 6.17. The quantitative estimate of drug-likeness (QED) is 0.573. The summed E-state index contributed by atoms with van der Waals surface area (Å²) in [5, 5.41) is 13.1. The fraction of sp³-hybridized carbons (Fsp3) is 0.333. The van der Waals surface area contributed by atoms with Crippen LogP contribution in [0.2, 0.25) is 0 Å². The summed E-state index contributed by atoms with van der Waals surface area (Å²) < 4.78 is 0. The van der Waals surface area contributed by atoms with E-state index in [2.05, 4.69) is 29.6 Å². The van der Waals surface area contributed by atoms with Gasteiger partial charge in [0.1, 0.15) is 12.8 Å². The maximum Gasteiger partial charge on any atom is 0.143 e. The van der Waals surface area contributed by atoms with E-state index in [0.29, 0.717) is 11.5 Å². The lowest BCUT2D eigenvalue weighted by molar-refractivity contribution is 0.132. The van der Waals surface area contributed by atoms with Gasteiger partial charge in [-0.3, -0.25) is 0 Å². The molecule has 24 heavy (non-hydrogen) atoms. The third kappa shape index (κ3) is 4.02. The minimum atomic E-state index is 0.280. The first-order chi connectivity index (χ1) is 11.9. The highest BCUT2D eigenvalue weighted by atomic mass is 16.6. The Morgan fingerprint density at radius 2 is 1.67 bits per heavy atom. The zero-order valence-electron chi connectivity index (χ0n) is 13.7. The van der Waals surface area contributed by atoms with Crippen molar-refractivity contribution in [1.29, 1.82) is 5.26 Å². The summed E-state index contributed by atoms with van der Waals surface area (Å²) in [4.78, 5) is 5.37. The van der Waals surface area contributed by atoms with Crippen molar-refractivity contribution in [3.8, 4) is 6.07 Å². The third-order valence-electron chi connectivity index (χ3n) is 4.59. The van der Waals surface area contributed by atoms with Crippen LogP contribution in [0, 0.1) is 11.3 Å². The maximum absolute atomic E-state index is 9.08. The van der Waals surface area contributed by atoms with Crippen LogP contribution in [0.15, 0.2) is 53.7 Å². The van der Waals surface area contributed by atoms with Gasteiger partial charge in [-0.15, -0.1) is 0 Å². The lowest BCUT2D eigenvalue weighted by atomic mass is 9.82. The highest BCUT2D eigenvalue weighted by molar-refractivity contribution is 5.81. The minimum absolute atomic E-state index is 0.280. The van der Waals surface area contributed by atoms with E-state index in [1.807, 2.05) is 30.3 Å². The van der Waals surface area contributed by atoms with Crippen molar-refractivity contribution in [3.63, 3.8) is 0 Å². The van der Waals surface area contributed by atoms with Crippen molar-refractivity contribution in [2.75, 3.05) is 0 Å². The molecule has 1 aliphatic rings. The number of hydrogen-bond donors (Lipinski definition) is 0. The van der Waals surface area contributed by atoms with Crippen LogP contribution in [0.25, 0.3) is 0 Å². The first-order valence-corrected chi connectivity index (χ1v) is 8.53. The van der Waals surface area contributed by atoms with E-state index in [-0.39, 0.29) is 6.61 Å². The molecule has 0 atom stereocenters. The number of hydrogen-bond acceptors (Lipinski definition) is 3. The van der Waals surface area contributed by atoms with Crippen molar-refractivity contribution >= 4 is 6.21 Å². The summed E-state index contributed by atoms with van der Waals surface area (Å²) in [6, 6.07) is 17.9. The maximum atomic E-state index is 9.08. The second-order valence-electron chi connectivity index (χ2n) is 6.17. The van der Waals surface area contributed by atoms with E-state index in [1.54, 1.807) is 6.07 Å². The van der Waals surface area contributed by atoms with Crippen LogP contribution >= 0.6 is 0 Å². The van der Waals surface area contributed by atoms with Crippen LogP contribution in [0.5, 0.6) is 0 Å². The van der Waals surface area contributed by atoms with Gasteiger partial charge in [-0.2, -0.15) is 5.26 Å². The van der Waals surface area contributed by atoms with Gasteiger partial charge in [0.05, 0.1) is 11.6 Å². The molecular formula is C21H21N2O. The standard InChI is InChI=1S/C21H21N2O/c22-14-18-10-4-5-12-20(18)16-24-23-15-19-11-6-7-13-21(19)17-8-2-1-3-9-17/h4-7,10-13,17H,1-3,8-9,16H2. The zero-order chi connectivity index (χ0) is 16.6. The van der Waals surface area contributed by atoms with Gasteiger partial charge in [-0.25, -0.2) is 0 Å². The van der Waals surface area contributed by atoms with Gasteiger partial charge in [-0.1, -0.05) is 66.9 Å². The fourth-order valence-electron chi connectivity index (χ4n) is 3.31. The van der Waals surface area contributed by atoms with Crippen LogP contribution in [0.3, 0.4) is 0 Å². The van der Waals surface area contributed by atoms with Gasteiger partial charge in [0.25, 0.3) is 0 Å². The Labute approximate surface area is 143 Å². The smallest absolute Gasteiger partial charge is 0.143 e. The topological polar surface area (TPSA) is 45.4 Å². The molecule has 1 radical (unpaired) electrons. The Bertz CT molecular complexity index is 739. The molecule has 0 heterocycles. The molecular weight excluding hydrogens is 296 g/mol. The Balaban J connectivity index is 1.65. The summed E-state index contributed by atoms with van der Waals surface area (Å²) in [7, 11) is 0. The molecule has 2 aromatic rings. The molecule has 0 bridgehead atoms. The number of rotatable bonds is 5. The van der Waals surface area contributed by atoms with Gasteiger partial charge in [0.2, 0.25) is 0 Å². The molecule has 3 rings (SSSR count). The summed E-state index contributed by atoms with van der Waals surface area (Å²) in [6.07, 6.45) is 9.48. The van der Waals surface area contributed by atoms with Crippen LogP contribution in [0.1, 0.15) is 60.3 Å². The molecule has 121 valence electrons. The summed E-state index contributed by atoms with van der Waals surface area (Å²) in [6.45, 7) is 0.280. The SMILES string of the molecule is N#Cc1ccccc1CO/N=[C]\c1ccccc1C1CCCCC1. The lowest BCUT2D eigenvalue weighted by Crippen LogP contribution is -2.07. The van der Waals surface area contributed by atoms with Gasteiger partial charge in [0.15, 0.2) is 0 Å². The van der Waals surface area contributed by atoms with Crippen molar-refractivity contribution in [2.45, 2.75) is 44.6 Å². The van der Waals surface area contributed by atoms with E-state index in [9.17, 15) is 0 Å². The molecule has 0 amide bonds. The van der Waals surface area contributed by atoms with E-state index in [0.717, 1.165) is 11.1 Å². The first-order valence-electron chi connectivity index (χ1n) is 8.53. The highest BCUT2D eigenvalue weighted by Crippen LogP contribution is 2.33. The molecule has 1 fully saturated rings. The summed E-state index contributed by atoms with van der Waals surface area (Å²) in [5.41, 5.74) is 3.79. The summed E-state index contributed by atoms with van der Waals surface area (Å²) >= 11 is 0. The average Bonchev–Trinajstić information content (AvgIpc) is 2.66. The van der Waals surface area contributed by atoms with E-state index < -0.39 is 0 Å². The molecule has 3 nitrogen and oxygen atoms in total. The van der Waals surface area contributed by atoms with Gasteiger partial charge < -0.3 is 4.84 Å². The van der Waals surface area contributed by atoms with Gasteiger partial charge >= 0.3 is 0 Å². The molecule has 0 spiro atoms. The monoisotopic (exact) mass is 317 g/mol. The molecule has 0 unspecified atom stereocenters. The highest BCUT2D eigenvalue weighted by Gasteiger charge is 2.17. The molecule has 0 aromatic heterocycles. The van der Waals surface area contributed by atoms with E-state index in [1.165, 1.54) is 37.7 Å². The van der Waals surface area contributed by atoms with E-state index >= 15 is 0 Å². The molecule has 2 aromatic carbocycles. The Hall–Kier alpha value is -2.60. The van der Waals surface area contributed by atoms with Crippen LogP contribution in [-0.2, 0) is 11.4 Å². The Kier molecular flexibility index (Phi) is 5.63. The average molecular weight is 317 g/mol. The Morgan fingerprint density at radius 3 is 2.46 bits per heavy atom. The van der Waals surface area contributed by atoms with Crippen LogP contribution in [-0.4, -0.2) is 6.21 Å². The second kappa shape index (κ2) is 8.31. The largest absolute Gasteiger partial charge is 0.390 e. The van der Waals surface area contributed by atoms with Crippen molar-refractivity contribution in [1.82, 2.24) is 0 Å². The van der Waals surface area contributed by atoms with Crippen molar-refractivity contribution in [2.24, 2.45) is 5.16 Å². The van der Waals surface area contributed by atoms with Crippen molar-refractivity contribution < 1.29 is 4.84 Å². The predicted octanol–water partition coefficient (Wildman–Crippen LogP) is 5.03. The van der Waals surface area contributed by atoms with Gasteiger partial charge in [0, 0.05) is 11.1 Å².